The van der Waals surface area contributed by atoms with Crippen LogP contribution in [0.3, 0.4) is 0 Å². The molecule has 0 aromatic carbocycles. The summed E-state index contributed by atoms with van der Waals surface area (Å²) < 4.78 is 0. The number of hydrogen-bond acceptors (Lipinski definition) is 0. The highest BCUT2D eigenvalue weighted by Crippen LogP contribution is 2.41. The van der Waals surface area contributed by atoms with Gasteiger partial charge in [-0.2, -0.15) is 0 Å². The predicted octanol–water partition coefficient (Wildman–Crippen LogP) is 3.82. The Morgan fingerprint density at radius 1 is 1.17 bits per heavy atom. The van der Waals surface area contributed by atoms with Crippen LogP contribution in [0.25, 0.3) is 0 Å². The van der Waals surface area contributed by atoms with Crippen LogP contribution in [0.5, 0.6) is 0 Å². The molecule has 0 spiro atoms. The SMILES string of the molecule is CC.[B]CC(C)(C)C1CCCC1. The second-order valence-corrected chi connectivity index (χ2v) is 4.17. The first-order valence-corrected chi connectivity index (χ1v) is 5.37. The van der Waals surface area contributed by atoms with Gasteiger partial charge in [0.15, 0.2) is 0 Å². The second-order valence-electron chi connectivity index (χ2n) is 4.17. The molecule has 0 unspecified atom stereocenters. The van der Waals surface area contributed by atoms with Crippen LogP contribution in [0, 0.1) is 11.3 Å². The maximum atomic E-state index is 5.69. The lowest BCUT2D eigenvalue weighted by molar-refractivity contribution is 0.247. The second kappa shape index (κ2) is 5.67. The molecule has 1 fully saturated rings. The molecule has 0 aromatic heterocycles. The monoisotopic (exact) mass is 166 g/mol. The summed E-state index contributed by atoms with van der Waals surface area (Å²) in [6.07, 6.45) is 6.51. The summed E-state index contributed by atoms with van der Waals surface area (Å²) >= 11 is 0. The van der Waals surface area contributed by atoms with Crippen molar-refractivity contribution in [2.75, 3.05) is 0 Å². The fraction of sp³-hybridized carbons (Fsp3) is 1.00. The first kappa shape index (κ1) is 12.1. The Morgan fingerprint density at radius 2 is 1.58 bits per heavy atom. The molecule has 0 saturated heterocycles. The Balaban J connectivity index is 0.000000561. The molecule has 0 atom stereocenters. The fourth-order valence-electron chi connectivity index (χ4n) is 1.87. The Labute approximate surface area is 79.5 Å². The van der Waals surface area contributed by atoms with Gasteiger partial charge < -0.3 is 0 Å². The molecule has 0 amide bonds. The average molecular weight is 166 g/mol. The van der Waals surface area contributed by atoms with Gasteiger partial charge in [0, 0.05) is 0 Å². The molecule has 12 heavy (non-hydrogen) atoms. The van der Waals surface area contributed by atoms with Gasteiger partial charge in [0.2, 0.25) is 0 Å². The summed E-state index contributed by atoms with van der Waals surface area (Å²) in [6.45, 7) is 8.59. The van der Waals surface area contributed by atoms with E-state index in [0.717, 1.165) is 12.2 Å². The van der Waals surface area contributed by atoms with Gasteiger partial charge in [-0.05, 0) is 24.2 Å². The zero-order chi connectivity index (χ0) is 9.61. The number of hydrogen-bond donors (Lipinski definition) is 0. The highest BCUT2D eigenvalue weighted by atomic mass is 14.3. The molecular formula is C11H23B. The van der Waals surface area contributed by atoms with Gasteiger partial charge in [-0.3, -0.25) is 0 Å². The predicted molar refractivity (Wildman–Crippen MR) is 57.6 cm³/mol. The van der Waals surface area contributed by atoms with E-state index in [9.17, 15) is 0 Å². The summed E-state index contributed by atoms with van der Waals surface area (Å²) in [5, 5.41) is 0. The molecule has 70 valence electrons. The van der Waals surface area contributed by atoms with Gasteiger partial charge in [-0.15, -0.1) is 0 Å². The van der Waals surface area contributed by atoms with Crippen molar-refractivity contribution in [3.8, 4) is 0 Å². The van der Waals surface area contributed by atoms with E-state index in [4.69, 9.17) is 7.85 Å². The summed E-state index contributed by atoms with van der Waals surface area (Å²) in [7, 11) is 5.69. The van der Waals surface area contributed by atoms with Gasteiger partial charge >= 0.3 is 0 Å². The first-order valence-electron chi connectivity index (χ1n) is 5.37. The molecule has 0 aromatic rings. The van der Waals surface area contributed by atoms with Gasteiger partial charge in [-0.1, -0.05) is 46.9 Å². The van der Waals surface area contributed by atoms with E-state index in [-0.39, 0.29) is 0 Å². The summed E-state index contributed by atoms with van der Waals surface area (Å²) in [4.78, 5) is 0. The molecule has 1 aliphatic carbocycles. The van der Waals surface area contributed by atoms with Crippen LogP contribution in [0.1, 0.15) is 53.4 Å². The third-order valence-electron chi connectivity index (χ3n) is 2.99. The fourth-order valence-corrected chi connectivity index (χ4v) is 1.87. The van der Waals surface area contributed by atoms with Crippen molar-refractivity contribution in [2.45, 2.75) is 59.7 Å². The summed E-state index contributed by atoms with van der Waals surface area (Å²) in [5.41, 5.74) is 0.399. The van der Waals surface area contributed by atoms with Crippen molar-refractivity contribution < 1.29 is 0 Å². The minimum atomic E-state index is 0.399. The van der Waals surface area contributed by atoms with Crippen molar-refractivity contribution in [3.63, 3.8) is 0 Å². The van der Waals surface area contributed by atoms with Crippen LogP contribution < -0.4 is 0 Å². The smallest absolute Gasteiger partial charge is 0.0660 e. The van der Waals surface area contributed by atoms with E-state index >= 15 is 0 Å². The van der Waals surface area contributed by atoms with Gasteiger partial charge in [0.25, 0.3) is 0 Å². The van der Waals surface area contributed by atoms with Crippen LogP contribution in [-0.4, -0.2) is 7.85 Å². The molecule has 1 aliphatic rings. The van der Waals surface area contributed by atoms with E-state index in [1.807, 2.05) is 13.8 Å². The van der Waals surface area contributed by atoms with E-state index in [1.54, 1.807) is 0 Å². The largest absolute Gasteiger partial charge is 0.0834 e. The minimum absolute atomic E-state index is 0.399. The molecule has 1 heteroatoms. The van der Waals surface area contributed by atoms with Gasteiger partial charge in [0.1, 0.15) is 0 Å². The van der Waals surface area contributed by atoms with Crippen molar-refractivity contribution in [1.82, 2.24) is 0 Å². The molecule has 0 nitrogen and oxygen atoms in total. The van der Waals surface area contributed by atoms with Gasteiger partial charge in [0.05, 0.1) is 7.85 Å². The molecule has 1 saturated carbocycles. The van der Waals surface area contributed by atoms with E-state index in [2.05, 4.69) is 13.8 Å². The normalized spacial score (nSPS) is 18.7. The van der Waals surface area contributed by atoms with Crippen molar-refractivity contribution in [1.29, 1.82) is 0 Å². The van der Waals surface area contributed by atoms with E-state index in [1.165, 1.54) is 25.7 Å². The first-order chi connectivity index (χ1) is 5.67. The van der Waals surface area contributed by atoms with E-state index in [0.29, 0.717) is 5.41 Å². The minimum Gasteiger partial charge on any atom is -0.0834 e. The Morgan fingerprint density at radius 3 is 1.92 bits per heavy atom. The summed E-state index contributed by atoms with van der Waals surface area (Å²) in [6, 6.07) is 0. The lowest BCUT2D eigenvalue weighted by Gasteiger charge is -2.30. The third-order valence-corrected chi connectivity index (χ3v) is 2.99. The van der Waals surface area contributed by atoms with Crippen molar-refractivity contribution in [2.24, 2.45) is 11.3 Å². The molecule has 0 bridgehead atoms. The van der Waals surface area contributed by atoms with E-state index < -0.39 is 0 Å². The topological polar surface area (TPSA) is 0 Å². The molecule has 2 radical (unpaired) electrons. The third kappa shape index (κ3) is 3.20. The quantitative estimate of drug-likeness (QED) is 0.547. The van der Waals surface area contributed by atoms with Crippen LogP contribution in [0.2, 0.25) is 6.32 Å². The van der Waals surface area contributed by atoms with Gasteiger partial charge in [-0.25, -0.2) is 0 Å². The Kier molecular flexibility index (Phi) is 5.70. The standard InChI is InChI=1S/C9H17B.C2H6/c1-9(2,7-10)8-5-3-4-6-8;1-2/h8H,3-7H2,1-2H3;1-2H3. The van der Waals surface area contributed by atoms with Crippen LogP contribution in [-0.2, 0) is 0 Å². The summed E-state index contributed by atoms with van der Waals surface area (Å²) in [5.74, 6) is 0.900. The Bertz CT molecular complexity index is 102. The molecule has 0 aliphatic heterocycles. The maximum absolute atomic E-state index is 5.69. The lowest BCUT2D eigenvalue weighted by atomic mass is 9.69. The highest BCUT2D eigenvalue weighted by molar-refractivity contribution is 6.08. The highest BCUT2D eigenvalue weighted by Gasteiger charge is 2.29. The molecule has 1 rings (SSSR count). The van der Waals surface area contributed by atoms with Crippen LogP contribution in [0.15, 0.2) is 0 Å². The average Bonchev–Trinajstić information content (AvgIpc) is 2.61. The zero-order valence-electron chi connectivity index (χ0n) is 9.19. The number of rotatable bonds is 2. The molecule has 0 heterocycles. The van der Waals surface area contributed by atoms with Crippen molar-refractivity contribution in [3.05, 3.63) is 0 Å². The maximum Gasteiger partial charge on any atom is 0.0660 e. The van der Waals surface area contributed by atoms with Crippen LogP contribution >= 0.6 is 0 Å². The van der Waals surface area contributed by atoms with Crippen molar-refractivity contribution >= 4 is 7.85 Å². The zero-order valence-corrected chi connectivity index (χ0v) is 9.19. The lowest BCUT2D eigenvalue weighted by Crippen LogP contribution is -2.20. The van der Waals surface area contributed by atoms with Crippen LogP contribution in [0.4, 0.5) is 0 Å². The Hall–Kier alpha value is 0.0649. The molecule has 0 N–H and O–H groups in total. The molecular weight excluding hydrogens is 143 g/mol.